The molecule has 0 spiro atoms. The van der Waals surface area contributed by atoms with Gasteiger partial charge in [-0.3, -0.25) is 14.7 Å². The van der Waals surface area contributed by atoms with Gasteiger partial charge in [0, 0.05) is 67.7 Å². The molecule has 33 heavy (non-hydrogen) atoms. The van der Waals surface area contributed by atoms with Gasteiger partial charge in [-0.25, -0.2) is 14.8 Å². The van der Waals surface area contributed by atoms with Crippen molar-refractivity contribution in [1.82, 2.24) is 24.4 Å². The van der Waals surface area contributed by atoms with E-state index in [4.69, 9.17) is 9.97 Å². The summed E-state index contributed by atoms with van der Waals surface area (Å²) < 4.78 is 1.61. The molecule has 182 valence electrons. The molecule has 3 rings (SSSR count). The second-order valence-corrected chi connectivity index (χ2v) is 10.3. The third kappa shape index (κ3) is 6.53. The SMILES string of the molecule is CCCc1cc(N2CCN(C(C)CCCn3cc(C)c(=O)[nH]c3=O)CC2)nc(C(C)(C)C)n1. The summed E-state index contributed by atoms with van der Waals surface area (Å²) in [7, 11) is 0. The first-order valence-electron chi connectivity index (χ1n) is 12.3. The van der Waals surface area contributed by atoms with Gasteiger partial charge in [0.2, 0.25) is 0 Å². The largest absolute Gasteiger partial charge is 0.354 e. The van der Waals surface area contributed by atoms with Crippen LogP contribution in [0.4, 0.5) is 5.82 Å². The molecule has 1 saturated heterocycles. The molecule has 8 heteroatoms. The van der Waals surface area contributed by atoms with Crippen LogP contribution in [-0.2, 0) is 18.4 Å². The van der Waals surface area contributed by atoms with Crippen molar-refractivity contribution in [1.29, 1.82) is 0 Å². The highest BCUT2D eigenvalue weighted by atomic mass is 16.2. The summed E-state index contributed by atoms with van der Waals surface area (Å²) in [5.41, 5.74) is 1.01. The van der Waals surface area contributed by atoms with Crippen LogP contribution in [-0.4, -0.2) is 56.6 Å². The van der Waals surface area contributed by atoms with E-state index in [0.717, 1.165) is 69.2 Å². The summed E-state index contributed by atoms with van der Waals surface area (Å²) >= 11 is 0. The molecule has 1 atom stereocenters. The second-order valence-electron chi connectivity index (χ2n) is 10.3. The average molecular weight is 457 g/mol. The van der Waals surface area contributed by atoms with Gasteiger partial charge < -0.3 is 9.47 Å². The quantitative estimate of drug-likeness (QED) is 0.657. The van der Waals surface area contributed by atoms with E-state index in [-0.39, 0.29) is 16.7 Å². The molecule has 0 amide bonds. The molecule has 0 bridgehead atoms. The Morgan fingerprint density at radius 1 is 1.12 bits per heavy atom. The van der Waals surface area contributed by atoms with E-state index >= 15 is 0 Å². The number of anilines is 1. The van der Waals surface area contributed by atoms with Gasteiger partial charge >= 0.3 is 5.69 Å². The Balaban J connectivity index is 1.56. The van der Waals surface area contributed by atoms with E-state index in [0.29, 0.717) is 18.2 Å². The minimum atomic E-state index is -0.325. The zero-order chi connectivity index (χ0) is 24.2. The van der Waals surface area contributed by atoms with Gasteiger partial charge in [0.25, 0.3) is 5.56 Å². The van der Waals surface area contributed by atoms with Crippen LogP contribution in [0.5, 0.6) is 0 Å². The van der Waals surface area contributed by atoms with Gasteiger partial charge in [-0.15, -0.1) is 0 Å². The number of hydrogen-bond donors (Lipinski definition) is 1. The lowest BCUT2D eigenvalue weighted by Gasteiger charge is -2.39. The van der Waals surface area contributed by atoms with Crippen LogP contribution in [0.25, 0.3) is 0 Å². The van der Waals surface area contributed by atoms with Gasteiger partial charge in [0.1, 0.15) is 11.6 Å². The molecule has 2 aromatic heterocycles. The molecule has 1 aliphatic rings. The van der Waals surface area contributed by atoms with E-state index < -0.39 is 0 Å². The number of aromatic nitrogens is 4. The minimum Gasteiger partial charge on any atom is -0.354 e. The Hall–Kier alpha value is -2.48. The monoisotopic (exact) mass is 456 g/mol. The summed E-state index contributed by atoms with van der Waals surface area (Å²) in [6.45, 7) is 17.2. The number of aryl methyl sites for hydroxylation is 3. The first-order chi connectivity index (χ1) is 15.6. The summed E-state index contributed by atoms with van der Waals surface area (Å²) in [5.74, 6) is 1.98. The van der Waals surface area contributed by atoms with Crippen LogP contribution >= 0.6 is 0 Å². The number of nitrogens with one attached hydrogen (secondary N) is 1. The number of piperazine rings is 1. The van der Waals surface area contributed by atoms with Gasteiger partial charge in [-0.2, -0.15) is 0 Å². The highest BCUT2D eigenvalue weighted by Gasteiger charge is 2.24. The fourth-order valence-corrected chi connectivity index (χ4v) is 4.28. The van der Waals surface area contributed by atoms with E-state index in [1.807, 2.05) is 0 Å². The van der Waals surface area contributed by atoms with Crippen molar-refractivity contribution < 1.29 is 0 Å². The number of rotatable bonds is 8. The topological polar surface area (TPSA) is 87.1 Å². The molecule has 1 unspecified atom stereocenters. The Labute approximate surface area is 197 Å². The maximum absolute atomic E-state index is 12.0. The van der Waals surface area contributed by atoms with Gasteiger partial charge in [-0.05, 0) is 33.1 Å². The van der Waals surface area contributed by atoms with Gasteiger partial charge in [0.05, 0.1) is 0 Å². The molecule has 0 aromatic carbocycles. The van der Waals surface area contributed by atoms with Crippen LogP contribution < -0.4 is 16.1 Å². The maximum atomic E-state index is 12.0. The lowest BCUT2D eigenvalue weighted by atomic mass is 9.95. The smallest absolute Gasteiger partial charge is 0.328 e. The zero-order valence-corrected chi connectivity index (χ0v) is 21.1. The second kappa shape index (κ2) is 10.6. The van der Waals surface area contributed by atoms with E-state index in [1.165, 1.54) is 0 Å². The third-order valence-electron chi connectivity index (χ3n) is 6.41. The minimum absolute atomic E-state index is 0.0683. The van der Waals surface area contributed by atoms with E-state index in [1.54, 1.807) is 17.7 Å². The van der Waals surface area contributed by atoms with Gasteiger partial charge in [0.15, 0.2) is 0 Å². The Morgan fingerprint density at radius 3 is 2.45 bits per heavy atom. The molecule has 1 N–H and O–H groups in total. The predicted octanol–water partition coefficient (Wildman–Crippen LogP) is 2.88. The van der Waals surface area contributed by atoms with Crippen molar-refractivity contribution in [2.75, 3.05) is 31.1 Å². The highest BCUT2D eigenvalue weighted by Crippen LogP contribution is 2.24. The molecule has 0 aliphatic carbocycles. The predicted molar refractivity (Wildman–Crippen MR) is 133 cm³/mol. The average Bonchev–Trinajstić information content (AvgIpc) is 2.76. The van der Waals surface area contributed by atoms with Crippen molar-refractivity contribution in [3.05, 3.63) is 50.2 Å². The Morgan fingerprint density at radius 2 is 1.82 bits per heavy atom. The summed E-state index contributed by atoms with van der Waals surface area (Å²) in [4.78, 5) is 40.5. The highest BCUT2D eigenvalue weighted by molar-refractivity contribution is 5.41. The number of nitrogens with zero attached hydrogens (tertiary/aromatic N) is 5. The molecular weight excluding hydrogens is 416 g/mol. The molecule has 1 fully saturated rings. The molecule has 0 radical (unpaired) electrons. The molecular formula is C25H40N6O2. The number of H-pyrrole nitrogens is 1. The van der Waals surface area contributed by atoms with Gasteiger partial charge in [-0.1, -0.05) is 34.1 Å². The Bertz CT molecular complexity index is 1040. The normalized spacial score (nSPS) is 16.2. The molecule has 0 saturated carbocycles. The van der Waals surface area contributed by atoms with Crippen LogP contribution in [0.2, 0.25) is 0 Å². The van der Waals surface area contributed by atoms with Crippen molar-refractivity contribution in [3.8, 4) is 0 Å². The molecule has 2 aromatic rings. The van der Waals surface area contributed by atoms with Crippen molar-refractivity contribution in [2.45, 2.75) is 85.2 Å². The van der Waals surface area contributed by atoms with Crippen LogP contribution in [0.15, 0.2) is 21.9 Å². The van der Waals surface area contributed by atoms with Crippen LogP contribution in [0.3, 0.4) is 0 Å². The molecule has 1 aliphatic heterocycles. The number of aromatic amines is 1. The first kappa shape index (κ1) is 25.1. The lowest BCUT2D eigenvalue weighted by Crippen LogP contribution is -2.50. The van der Waals surface area contributed by atoms with E-state index in [2.05, 4.69) is 55.5 Å². The fraction of sp³-hybridized carbons (Fsp3) is 0.680. The Kier molecular flexibility index (Phi) is 8.10. The van der Waals surface area contributed by atoms with Crippen molar-refractivity contribution in [3.63, 3.8) is 0 Å². The van der Waals surface area contributed by atoms with Crippen molar-refractivity contribution in [2.24, 2.45) is 0 Å². The molecule has 8 nitrogen and oxygen atoms in total. The van der Waals surface area contributed by atoms with Crippen molar-refractivity contribution >= 4 is 5.82 Å². The molecule has 3 heterocycles. The zero-order valence-electron chi connectivity index (χ0n) is 21.1. The van der Waals surface area contributed by atoms with Crippen LogP contribution in [0, 0.1) is 6.92 Å². The summed E-state index contributed by atoms with van der Waals surface area (Å²) in [5, 5.41) is 0. The standard InChI is InChI=1S/C25H40N6O2/c1-7-9-20-16-21(27-23(26-20)25(4,5)6)30-14-12-29(13-15-30)19(3)10-8-11-31-17-18(2)22(32)28-24(31)33/h16-17,19H,7-15H2,1-6H3,(H,28,32,33). The summed E-state index contributed by atoms with van der Waals surface area (Å²) in [6, 6.07) is 2.61. The van der Waals surface area contributed by atoms with E-state index in [9.17, 15) is 9.59 Å². The third-order valence-corrected chi connectivity index (χ3v) is 6.41. The summed E-state index contributed by atoms with van der Waals surface area (Å²) in [6.07, 6.45) is 5.62. The maximum Gasteiger partial charge on any atom is 0.328 e. The lowest BCUT2D eigenvalue weighted by molar-refractivity contribution is 0.184. The first-order valence-corrected chi connectivity index (χ1v) is 12.3. The van der Waals surface area contributed by atoms with Crippen LogP contribution in [0.1, 0.15) is 71.0 Å². The number of hydrogen-bond acceptors (Lipinski definition) is 6. The fourth-order valence-electron chi connectivity index (χ4n) is 4.28.